The molecule has 1 heterocycles. The molecule has 118 valence electrons. The van der Waals surface area contributed by atoms with Gasteiger partial charge in [0.05, 0.1) is 23.4 Å². The van der Waals surface area contributed by atoms with E-state index in [9.17, 15) is 9.90 Å². The number of fused-ring (bicyclic) bond motifs is 1. The van der Waals surface area contributed by atoms with E-state index in [0.717, 1.165) is 22.2 Å². The molecule has 2 rings (SSSR count). The monoisotopic (exact) mass is 318 g/mol. The van der Waals surface area contributed by atoms with Gasteiger partial charge in [-0.15, -0.1) is 0 Å². The lowest BCUT2D eigenvalue weighted by Gasteiger charge is -2.22. The molecule has 0 saturated carbocycles. The number of carbonyl (C=O) groups excluding carboxylic acids is 1. The van der Waals surface area contributed by atoms with Crippen LogP contribution >= 0.6 is 11.8 Å². The van der Waals surface area contributed by atoms with Crippen LogP contribution in [0, 0.1) is 13.8 Å². The number of aryl methyl sites for hydroxylation is 2. The third kappa shape index (κ3) is 3.25. The first-order valence-electron chi connectivity index (χ1n) is 7.30. The van der Waals surface area contributed by atoms with E-state index in [2.05, 4.69) is 10.3 Å². The van der Waals surface area contributed by atoms with Crippen molar-refractivity contribution >= 4 is 28.6 Å². The molecule has 2 unspecified atom stereocenters. The van der Waals surface area contributed by atoms with Gasteiger partial charge in [-0.1, -0.05) is 18.2 Å². The summed E-state index contributed by atoms with van der Waals surface area (Å²) in [5, 5.41) is 13.3. The van der Waals surface area contributed by atoms with Crippen LogP contribution in [0.25, 0.3) is 10.9 Å². The SMILES string of the molecule is CSC(CO)C(C)NC(=O)c1c(C)nc2ccccc2c1C. The highest BCUT2D eigenvalue weighted by atomic mass is 32.2. The van der Waals surface area contributed by atoms with Gasteiger partial charge in [-0.25, -0.2) is 0 Å². The van der Waals surface area contributed by atoms with Gasteiger partial charge in [0.15, 0.2) is 0 Å². The normalized spacial score (nSPS) is 13.9. The molecule has 0 bridgehead atoms. The van der Waals surface area contributed by atoms with Gasteiger partial charge in [-0.2, -0.15) is 11.8 Å². The third-order valence-electron chi connectivity index (χ3n) is 3.96. The minimum atomic E-state index is -0.131. The van der Waals surface area contributed by atoms with Crippen molar-refractivity contribution in [3.8, 4) is 0 Å². The van der Waals surface area contributed by atoms with Gasteiger partial charge < -0.3 is 10.4 Å². The number of rotatable bonds is 5. The summed E-state index contributed by atoms with van der Waals surface area (Å²) in [6.45, 7) is 5.76. The summed E-state index contributed by atoms with van der Waals surface area (Å²) in [6.07, 6.45) is 1.93. The zero-order chi connectivity index (χ0) is 16.3. The number of hydrogen-bond acceptors (Lipinski definition) is 4. The van der Waals surface area contributed by atoms with Crippen LogP contribution in [-0.4, -0.2) is 40.2 Å². The van der Waals surface area contributed by atoms with E-state index < -0.39 is 0 Å². The summed E-state index contributed by atoms with van der Waals surface area (Å²) in [5.41, 5.74) is 3.20. The predicted octanol–water partition coefficient (Wildman–Crippen LogP) is 2.69. The van der Waals surface area contributed by atoms with Gasteiger partial charge in [0.25, 0.3) is 5.91 Å². The number of pyridine rings is 1. The number of aromatic nitrogens is 1. The largest absolute Gasteiger partial charge is 0.395 e. The quantitative estimate of drug-likeness (QED) is 0.890. The Bertz CT molecular complexity index is 684. The fourth-order valence-electron chi connectivity index (χ4n) is 2.67. The lowest BCUT2D eigenvalue weighted by atomic mass is 10.0. The van der Waals surface area contributed by atoms with Crippen molar-refractivity contribution in [3.63, 3.8) is 0 Å². The number of amides is 1. The summed E-state index contributed by atoms with van der Waals surface area (Å²) in [5.74, 6) is -0.131. The second-order valence-electron chi connectivity index (χ2n) is 5.43. The van der Waals surface area contributed by atoms with Crippen LogP contribution in [-0.2, 0) is 0 Å². The molecule has 0 aliphatic rings. The molecular formula is C17H22N2O2S. The Morgan fingerprint density at radius 2 is 2.05 bits per heavy atom. The van der Waals surface area contributed by atoms with E-state index >= 15 is 0 Å². The highest BCUT2D eigenvalue weighted by Gasteiger charge is 2.21. The van der Waals surface area contributed by atoms with Crippen LogP contribution in [0.1, 0.15) is 28.5 Å². The molecule has 0 aliphatic carbocycles. The van der Waals surface area contributed by atoms with Crippen molar-refractivity contribution in [2.45, 2.75) is 32.1 Å². The summed E-state index contributed by atoms with van der Waals surface area (Å²) in [4.78, 5) is 17.2. The second kappa shape index (κ2) is 7.11. The molecular weight excluding hydrogens is 296 g/mol. The number of hydrogen-bond donors (Lipinski definition) is 2. The molecule has 2 N–H and O–H groups in total. The number of benzene rings is 1. The van der Waals surface area contributed by atoms with Crippen molar-refractivity contribution in [1.82, 2.24) is 10.3 Å². The van der Waals surface area contributed by atoms with Gasteiger partial charge >= 0.3 is 0 Å². The molecule has 0 spiro atoms. The minimum absolute atomic E-state index is 0.0158. The molecule has 0 saturated heterocycles. The standard InChI is InChI=1S/C17H22N2O2S/c1-10-13-7-5-6-8-14(13)18-12(3)16(10)17(21)19-11(2)15(9-20)22-4/h5-8,11,15,20H,9H2,1-4H3,(H,19,21). The van der Waals surface area contributed by atoms with Gasteiger partial charge in [-0.05, 0) is 38.7 Å². The van der Waals surface area contributed by atoms with E-state index in [1.54, 1.807) is 11.8 Å². The molecule has 22 heavy (non-hydrogen) atoms. The minimum Gasteiger partial charge on any atom is -0.395 e. The maximum absolute atomic E-state index is 12.6. The summed E-state index contributed by atoms with van der Waals surface area (Å²) >= 11 is 1.55. The molecule has 1 amide bonds. The van der Waals surface area contributed by atoms with Crippen LogP contribution in [0.3, 0.4) is 0 Å². The van der Waals surface area contributed by atoms with Crippen LogP contribution in [0.5, 0.6) is 0 Å². The summed E-state index contributed by atoms with van der Waals surface area (Å²) in [6, 6.07) is 7.72. The van der Waals surface area contributed by atoms with Crippen molar-refractivity contribution in [2.24, 2.45) is 0 Å². The van der Waals surface area contributed by atoms with Crippen LogP contribution in [0.4, 0.5) is 0 Å². The van der Waals surface area contributed by atoms with E-state index in [4.69, 9.17) is 0 Å². The Kier molecular flexibility index (Phi) is 5.42. The summed E-state index contributed by atoms with van der Waals surface area (Å²) in [7, 11) is 0. The van der Waals surface area contributed by atoms with Gasteiger partial charge in [0.1, 0.15) is 0 Å². The average molecular weight is 318 g/mol. The molecule has 1 aromatic heterocycles. The molecule has 2 aromatic rings. The Balaban J connectivity index is 2.36. The van der Waals surface area contributed by atoms with Crippen molar-refractivity contribution in [3.05, 3.63) is 41.1 Å². The molecule has 5 heteroatoms. The lowest BCUT2D eigenvalue weighted by Crippen LogP contribution is -2.41. The molecule has 0 radical (unpaired) electrons. The fourth-order valence-corrected chi connectivity index (χ4v) is 3.30. The Morgan fingerprint density at radius 3 is 2.68 bits per heavy atom. The molecule has 2 atom stereocenters. The molecule has 0 aliphatic heterocycles. The van der Waals surface area contributed by atoms with Crippen molar-refractivity contribution in [2.75, 3.05) is 12.9 Å². The first kappa shape index (κ1) is 16.8. The number of carbonyl (C=O) groups is 1. The molecule has 1 aromatic carbocycles. The van der Waals surface area contributed by atoms with Gasteiger partial charge in [0, 0.05) is 16.7 Å². The number of nitrogens with zero attached hydrogens (tertiary/aromatic N) is 1. The fraction of sp³-hybridized carbons (Fsp3) is 0.412. The number of aliphatic hydroxyl groups is 1. The van der Waals surface area contributed by atoms with Gasteiger partial charge in [0.2, 0.25) is 0 Å². The Labute approximate surface area is 135 Å². The summed E-state index contributed by atoms with van der Waals surface area (Å²) < 4.78 is 0. The zero-order valence-corrected chi connectivity index (χ0v) is 14.2. The van der Waals surface area contributed by atoms with Crippen molar-refractivity contribution < 1.29 is 9.90 Å². The topological polar surface area (TPSA) is 62.2 Å². The Morgan fingerprint density at radius 1 is 1.36 bits per heavy atom. The first-order chi connectivity index (χ1) is 10.5. The second-order valence-corrected chi connectivity index (χ2v) is 6.51. The van der Waals surface area contributed by atoms with Gasteiger partial charge in [-0.3, -0.25) is 9.78 Å². The lowest BCUT2D eigenvalue weighted by molar-refractivity contribution is 0.0934. The van der Waals surface area contributed by atoms with Crippen molar-refractivity contribution in [1.29, 1.82) is 0 Å². The van der Waals surface area contributed by atoms with E-state index in [1.807, 2.05) is 51.3 Å². The maximum Gasteiger partial charge on any atom is 0.253 e. The zero-order valence-electron chi connectivity index (χ0n) is 13.4. The van der Waals surface area contributed by atoms with E-state index in [-0.39, 0.29) is 23.8 Å². The number of thioether (sulfide) groups is 1. The molecule has 4 nitrogen and oxygen atoms in total. The third-order valence-corrected chi connectivity index (χ3v) is 5.12. The molecule has 0 fully saturated rings. The van der Waals surface area contributed by atoms with Crippen LogP contribution in [0.15, 0.2) is 24.3 Å². The number of nitrogens with one attached hydrogen (secondary N) is 1. The predicted molar refractivity (Wildman–Crippen MR) is 92.5 cm³/mol. The highest BCUT2D eigenvalue weighted by molar-refractivity contribution is 7.99. The van der Waals surface area contributed by atoms with E-state index in [0.29, 0.717) is 5.56 Å². The average Bonchev–Trinajstić information content (AvgIpc) is 2.48. The van der Waals surface area contributed by atoms with Crippen LogP contribution in [0.2, 0.25) is 0 Å². The maximum atomic E-state index is 12.6. The number of aliphatic hydroxyl groups excluding tert-OH is 1. The van der Waals surface area contributed by atoms with Crippen LogP contribution < -0.4 is 5.32 Å². The van der Waals surface area contributed by atoms with E-state index in [1.165, 1.54) is 0 Å². The first-order valence-corrected chi connectivity index (χ1v) is 8.58. The number of para-hydroxylation sites is 1. The highest BCUT2D eigenvalue weighted by Crippen LogP contribution is 2.23. The smallest absolute Gasteiger partial charge is 0.253 e. The Hall–Kier alpha value is -1.59.